The molecule has 5 nitrogen and oxygen atoms in total. The molecule has 0 spiro atoms. The first-order valence-electron chi connectivity index (χ1n) is 10.5. The van der Waals surface area contributed by atoms with Crippen molar-refractivity contribution in [2.24, 2.45) is 0 Å². The molecule has 0 heterocycles. The molecule has 4 aromatic carbocycles. The standard InChI is InChI=1S/C27H23NO4S/c29-27(30)24-13-11-20(12-14-24)9-10-21-5-4-8-26(19-21)28(33(31)32)25-17-15-23(16-18-25)22-6-2-1-3-7-22/h1-8,11-19H,9-10H2,(H,29,30)(H,31,32)/p-1. The van der Waals surface area contributed by atoms with Crippen molar-refractivity contribution in [1.29, 1.82) is 0 Å². The lowest BCUT2D eigenvalue weighted by Crippen LogP contribution is -2.19. The van der Waals surface area contributed by atoms with E-state index in [0.29, 0.717) is 17.8 Å². The van der Waals surface area contributed by atoms with Crippen molar-refractivity contribution in [1.82, 2.24) is 0 Å². The van der Waals surface area contributed by atoms with Gasteiger partial charge in [-0.1, -0.05) is 66.7 Å². The largest absolute Gasteiger partial charge is 0.755 e. The molecule has 0 fully saturated rings. The lowest BCUT2D eigenvalue weighted by molar-refractivity contribution is 0.0697. The molecule has 4 rings (SSSR count). The summed E-state index contributed by atoms with van der Waals surface area (Å²) in [4.78, 5) is 11.0. The smallest absolute Gasteiger partial charge is 0.335 e. The van der Waals surface area contributed by atoms with E-state index in [0.717, 1.165) is 28.7 Å². The number of hydrogen-bond donors (Lipinski definition) is 1. The molecule has 0 aromatic heterocycles. The van der Waals surface area contributed by atoms with Crippen molar-refractivity contribution >= 4 is 28.6 Å². The minimum absolute atomic E-state index is 0.257. The predicted molar refractivity (Wildman–Crippen MR) is 130 cm³/mol. The van der Waals surface area contributed by atoms with Crippen LogP contribution in [0.25, 0.3) is 11.1 Å². The third-order valence-corrected chi connectivity index (χ3v) is 6.13. The summed E-state index contributed by atoms with van der Waals surface area (Å²) < 4.78 is 25.5. The summed E-state index contributed by atoms with van der Waals surface area (Å²) in [5.74, 6) is -0.947. The van der Waals surface area contributed by atoms with E-state index in [1.54, 1.807) is 42.5 Å². The van der Waals surface area contributed by atoms with Gasteiger partial charge in [-0.3, -0.25) is 8.51 Å². The molecule has 0 saturated carbocycles. The second-order valence-electron chi connectivity index (χ2n) is 7.60. The number of aromatic carboxylic acids is 1. The van der Waals surface area contributed by atoms with Crippen molar-refractivity contribution < 1.29 is 18.7 Å². The van der Waals surface area contributed by atoms with Gasteiger partial charge in [0.25, 0.3) is 0 Å². The van der Waals surface area contributed by atoms with Gasteiger partial charge >= 0.3 is 5.97 Å². The maximum atomic E-state index is 12.1. The van der Waals surface area contributed by atoms with Gasteiger partial charge in [0.15, 0.2) is 0 Å². The zero-order valence-electron chi connectivity index (χ0n) is 17.8. The van der Waals surface area contributed by atoms with Crippen LogP contribution in [-0.2, 0) is 24.1 Å². The highest BCUT2D eigenvalue weighted by atomic mass is 32.2. The molecule has 0 amide bonds. The number of benzene rings is 4. The van der Waals surface area contributed by atoms with E-state index in [-0.39, 0.29) is 5.56 Å². The average molecular weight is 457 g/mol. The van der Waals surface area contributed by atoms with Crippen LogP contribution in [0.5, 0.6) is 0 Å². The Morgan fingerprint density at radius 1 is 0.727 bits per heavy atom. The van der Waals surface area contributed by atoms with E-state index in [4.69, 9.17) is 5.11 Å². The van der Waals surface area contributed by atoms with Gasteiger partial charge in [-0.2, -0.15) is 0 Å². The van der Waals surface area contributed by atoms with Crippen molar-refractivity contribution in [2.45, 2.75) is 12.8 Å². The third-order valence-electron chi connectivity index (χ3n) is 5.41. The van der Waals surface area contributed by atoms with Crippen LogP contribution in [0.3, 0.4) is 0 Å². The fourth-order valence-corrected chi connectivity index (χ4v) is 4.26. The maximum absolute atomic E-state index is 12.1. The summed E-state index contributed by atoms with van der Waals surface area (Å²) in [5.41, 5.74) is 5.47. The molecule has 166 valence electrons. The van der Waals surface area contributed by atoms with Gasteiger partial charge in [-0.25, -0.2) is 4.79 Å². The van der Waals surface area contributed by atoms with Gasteiger partial charge in [-0.15, -0.1) is 0 Å². The Hall–Kier alpha value is -3.74. The Morgan fingerprint density at radius 3 is 2.00 bits per heavy atom. The first-order chi connectivity index (χ1) is 16.0. The number of rotatable bonds is 8. The Morgan fingerprint density at radius 2 is 1.36 bits per heavy atom. The molecule has 0 bridgehead atoms. The van der Waals surface area contributed by atoms with Crippen LogP contribution in [0, 0.1) is 0 Å². The maximum Gasteiger partial charge on any atom is 0.335 e. The molecule has 0 aliphatic heterocycles. The zero-order valence-corrected chi connectivity index (χ0v) is 18.6. The van der Waals surface area contributed by atoms with Crippen molar-refractivity contribution in [2.75, 3.05) is 4.31 Å². The van der Waals surface area contributed by atoms with Gasteiger partial charge in [0.05, 0.1) is 28.2 Å². The summed E-state index contributed by atoms with van der Waals surface area (Å²) in [6.45, 7) is 0. The van der Waals surface area contributed by atoms with Crippen LogP contribution in [0.1, 0.15) is 21.5 Å². The van der Waals surface area contributed by atoms with E-state index < -0.39 is 17.2 Å². The lowest BCUT2D eigenvalue weighted by atomic mass is 10.0. The molecule has 6 heteroatoms. The summed E-state index contributed by atoms with van der Waals surface area (Å²) >= 11 is -2.48. The molecule has 33 heavy (non-hydrogen) atoms. The number of hydrogen-bond acceptors (Lipinski definition) is 3. The Labute approximate surface area is 195 Å². The Balaban J connectivity index is 1.52. The molecule has 4 aromatic rings. The van der Waals surface area contributed by atoms with Gasteiger partial charge in [0.1, 0.15) is 0 Å². The minimum atomic E-state index is -2.48. The second kappa shape index (κ2) is 10.3. The predicted octanol–water partition coefficient (Wildman–Crippen LogP) is 5.77. The number of nitrogens with zero attached hydrogens (tertiary/aromatic N) is 1. The van der Waals surface area contributed by atoms with E-state index in [9.17, 15) is 13.6 Å². The SMILES string of the molecule is O=C(O)c1ccc(CCc2cccc(N(c3ccc(-c4ccccc4)cc3)S(=O)[O-])c2)cc1. The van der Waals surface area contributed by atoms with Crippen molar-refractivity contribution in [3.8, 4) is 11.1 Å². The van der Waals surface area contributed by atoms with E-state index in [2.05, 4.69) is 0 Å². The number of aryl methyl sites for hydroxylation is 2. The third kappa shape index (κ3) is 5.55. The highest BCUT2D eigenvalue weighted by Crippen LogP contribution is 2.30. The highest BCUT2D eigenvalue weighted by Gasteiger charge is 2.12. The first kappa shape index (κ1) is 22.5. The van der Waals surface area contributed by atoms with E-state index in [1.165, 1.54) is 4.31 Å². The molecule has 0 aliphatic rings. The van der Waals surface area contributed by atoms with Crippen molar-refractivity contribution in [3.63, 3.8) is 0 Å². The summed E-state index contributed by atoms with van der Waals surface area (Å²) in [7, 11) is 0. The molecule has 0 aliphatic carbocycles. The fourth-order valence-electron chi connectivity index (χ4n) is 3.68. The van der Waals surface area contributed by atoms with Crippen LogP contribution in [-0.4, -0.2) is 19.8 Å². The van der Waals surface area contributed by atoms with Crippen LogP contribution < -0.4 is 4.31 Å². The number of anilines is 2. The molecule has 1 N–H and O–H groups in total. The van der Waals surface area contributed by atoms with Crippen LogP contribution in [0.4, 0.5) is 11.4 Å². The van der Waals surface area contributed by atoms with Gasteiger partial charge in [0.2, 0.25) is 0 Å². The molecular weight excluding hydrogens is 434 g/mol. The monoisotopic (exact) mass is 456 g/mol. The van der Waals surface area contributed by atoms with E-state index >= 15 is 0 Å². The topological polar surface area (TPSA) is 80.7 Å². The molecule has 0 saturated heterocycles. The zero-order chi connectivity index (χ0) is 23.2. The Kier molecular flexibility index (Phi) is 6.98. The van der Waals surface area contributed by atoms with Crippen LogP contribution in [0.2, 0.25) is 0 Å². The molecule has 1 unspecified atom stereocenters. The first-order valence-corrected chi connectivity index (χ1v) is 11.5. The highest BCUT2D eigenvalue weighted by molar-refractivity contribution is 7.81. The van der Waals surface area contributed by atoms with E-state index in [1.807, 2.05) is 60.7 Å². The lowest BCUT2D eigenvalue weighted by Gasteiger charge is -2.27. The molecule has 0 radical (unpaired) electrons. The van der Waals surface area contributed by atoms with Gasteiger partial charge in [-0.05, 0) is 71.5 Å². The van der Waals surface area contributed by atoms with Gasteiger partial charge in [0, 0.05) is 0 Å². The van der Waals surface area contributed by atoms with Crippen LogP contribution >= 0.6 is 0 Å². The fraction of sp³-hybridized carbons (Fsp3) is 0.0741. The number of carboxylic acids is 1. The summed E-state index contributed by atoms with van der Waals surface area (Å²) in [6.07, 6.45) is 1.42. The normalized spacial score (nSPS) is 11.7. The number of carbonyl (C=O) groups is 1. The second-order valence-corrected chi connectivity index (χ2v) is 8.40. The van der Waals surface area contributed by atoms with Gasteiger partial charge < -0.3 is 9.66 Å². The molecule has 1 atom stereocenters. The Bertz CT molecular complexity index is 1260. The van der Waals surface area contributed by atoms with Crippen LogP contribution in [0.15, 0.2) is 103 Å². The van der Waals surface area contributed by atoms with Crippen molar-refractivity contribution in [3.05, 3.63) is 120 Å². The number of carboxylic acid groups (broad SMARTS) is 1. The minimum Gasteiger partial charge on any atom is -0.755 e. The quantitative estimate of drug-likeness (QED) is 0.341. The summed E-state index contributed by atoms with van der Waals surface area (Å²) in [5, 5.41) is 9.02. The average Bonchev–Trinajstić information content (AvgIpc) is 2.84. The summed E-state index contributed by atoms with van der Waals surface area (Å²) in [6, 6.07) is 31.6. The molecular formula is C27H22NO4S-.